The van der Waals surface area contributed by atoms with Crippen molar-refractivity contribution in [1.29, 1.82) is 0 Å². The molecule has 0 radical (unpaired) electrons. The smallest absolute Gasteiger partial charge is 0.00134 e. The summed E-state index contributed by atoms with van der Waals surface area (Å²) in [6.45, 7) is 37.5. The number of hydrogen-bond donors (Lipinski definition) is 0. The highest BCUT2D eigenvalue weighted by molar-refractivity contribution is 5.76. The summed E-state index contributed by atoms with van der Waals surface area (Å²) >= 11 is 0. The molecule has 0 aromatic heterocycles. The van der Waals surface area contributed by atoms with Gasteiger partial charge in [-0.1, -0.05) is 179 Å². The van der Waals surface area contributed by atoms with Gasteiger partial charge in [-0.3, -0.25) is 0 Å². The number of hydrogen-bond acceptors (Lipinski definition) is 0. The van der Waals surface area contributed by atoms with Crippen LogP contribution < -0.4 is 0 Å². The molecule has 0 heterocycles. The Balaban J connectivity index is -0.000000491. The Morgan fingerprint density at radius 3 is 1.45 bits per heavy atom. The minimum Gasteiger partial charge on any atom is -0.100 e. The Hall–Kier alpha value is -2.60. The van der Waals surface area contributed by atoms with Crippen molar-refractivity contribution in [3.05, 3.63) is 106 Å². The first-order valence-corrected chi connectivity index (χ1v) is 16.7. The molecule has 1 aliphatic carbocycles. The van der Waals surface area contributed by atoms with Crippen molar-refractivity contribution in [1.82, 2.24) is 0 Å². The van der Waals surface area contributed by atoms with Gasteiger partial charge in [0.05, 0.1) is 0 Å². The molecule has 0 aliphatic heterocycles. The highest BCUT2D eigenvalue weighted by Crippen LogP contribution is 2.36. The Labute approximate surface area is 265 Å². The van der Waals surface area contributed by atoms with Crippen LogP contribution in [-0.2, 0) is 11.8 Å². The number of unbranched alkanes of at least 4 members (excludes halogenated alkanes) is 2. The van der Waals surface area contributed by atoms with Crippen molar-refractivity contribution in [2.45, 2.75) is 148 Å². The molecule has 0 spiro atoms. The maximum Gasteiger partial charge on any atom is -0.00134 e. The molecule has 0 saturated heterocycles. The number of aryl methyl sites for hydroxylation is 3. The van der Waals surface area contributed by atoms with E-state index in [1.54, 1.807) is 0 Å². The molecule has 0 N–H and O–H groups in total. The quantitative estimate of drug-likeness (QED) is 0.209. The second kappa shape index (κ2) is 26.1. The van der Waals surface area contributed by atoms with E-state index in [1.807, 2.05) is 41.5 Å². The van der Waals surface area contributed by atoms with E-state index in [-0.39, 0.29) is 5.41 Å². The fourth-order valence-corrected chi connectivity index (χ4v) is 3.82. The molecule has 0 saturated carbocycles. The van der Waals surface area contributed by atoms with Crippen molar-refractivity contribution in [3.8, 4) is 11.1 Å². The van der Waals surface area contributed by atoms with Gasteiger partial charge in [0, 0.05) is 0 Å². The molecule has 0 bridgehead atoms. The Kier molecular flexibility index (Phi) is 27.2. The second-order valence-electron chi connectivity index (χ2n) is 11.8. The van der Waals surface area contributed by atoms with Gasteiger partial charge in [-0.05, 0) is 79.8 Å². The lowest BCUT2D eigenvalue weighted by Gasteiger charge is -2.22. The molecule has 238 valence electrons. The zero-order chi connectivity index (χ0) is 33.3. The van der Waals surface area contributed by atoms with E-state index >= 15 is 0 Å². The van der Waals surface area contributed by atoms with Crippen LogP contribution in [0.25, 0.3) is 11.1 Å². The van der Waals surface area contributed by atoms with E-state index in [4.69, 9.17) is 0 Å². The van der Waals surface area contributed by atoms with Gasteiger partial charge in [-0.15, -0.1) is 6.58 Å². The SMILES string of the molecule is C=C(C)C.CC.CC.CCCC.CCCC.Cc1ccc(C)c(C(C)(C)C)c1.Cc1ccc2c(c1)Cc1ccccc1-2. The third-order valence-corrected chi connectivity index (χ3v) is 6.15. The largest absolute Gasteiger partial charge is 0.100 e. The molecule has 0 unspecified atom stereocenters. The van der Waals surface area contributed by atoms with E-state index in [2.05, 4.69) is 136 Å². The summed E-state index contributed by atoms with van der Waals surface area (Å²) in [5, 5.41) is 0. The van der Waals surface area contributed by atoms with Gasteiger partial charge < -0.3 is 0 Å². The van der Waals surface area contributed by atoms with Crippen molar-refractivity contribution < 1.29 is 0 Å². The maximum atomic E-state index is 3.56. The highest BCUT2D eigenvalue weighted by atomic mass is 14.2. The van der Waals surface area contributed by atoms with E-state index in [9.17, 15) is 0 Å². The molecule has 0 atom stereocenters. The highest BCUT2D eigenvalue weighted by Gasteiger charge is 2.17. The predicted octanol–water partition coefficient (Wildman–Crippen LogP) is 14.4. The molecule has 0 nitrogen and oxygen atoms in total. The summed E-state index contributed by atoms with van der Waals surface area (Å²) in [5.74, 6) is 0. The van der Waals surface area contributed by atoms with Gasteiger partial charge in [-0.2, -0.15) is 0 Å². The van der Waals surface area contributed by atoms with Crippen LogP contribution in [0.2, 0.25) is 0 Å². The Bertz CT molecular complexity index is 1060. The first kappa shape index (κ1) is 43.8. The zero-order valence-electron chi connectivity index (χ0n) is 31.0. The molecular formula is C42H70. The van der Waals surface area contributed by atoms with E-state index < -0.39 is 0 Å². The number of allylic oxidation sites excluding steroid dienone is 1. The standard InChI is InChI=1S/C14H12.C12H18.C4H8.2C4H10.2C2H6/c1-10-6-7-14-12(8-10)9-11-4-2-3-5-13(11)14;1-9-6-7-10(2)11(8-9)12(3,4)5;1-4(2)3;2*1-3-4-2;2*1-2/h2-8H,9H2,1H3;6-8H,1-5H3;1H2,2-3H3;2*3-4H2,1-2H3;2*1-2H3. The minimum atomic E-state index is 0.274. The minimum absolute atomic E-state index is 0.274. The Morgan fingerprint density at radius 2 is 1.02 bits per heavy atom. The molecule has 3 aromatic rings. The fraction of sp³-hybridized carbons (Fsp3) is 0.524. The first-order chi connectivity index (χ1) is 19.8. The normalized spacial score (nSPS) is 9.81. The van der Waals surface area contributed by atoms with Crippen LogP contribution in [0.5, 0.6) is 0 Å². The Morgan fingerprint density at radius 1 is 0.619 bits per heavy atom. The lowest BCUT2D eigenvalue weighted by molar-refractivity contribution is 0.585. The lowest BCUT2D eigenvalue weighted by atomic mass is 9.83. The van der Waals surface area contributed by atoms with Crippen LogP contribution >= 0.6 is 0 Å². The summed E-state index contributed by atoms with van der Waals surface area (Å²) in [6, 6.07) is 22.1. The second-order valence-corrected chi connectivity index (χ2v) is 11.8. The maximum absolute atomic E-state index is 3.56. The van der Waals surface area contributed by atoms with Crippen molar-refractivity contribution in [2.24, 2.45) is 0 Å². The summed E-state index contributed by atoms with van der Waals surface area (Å²) < 4.78 is 0. The topological polar surface area (TPSA) is 0 Å². The average Bonchev–Trinajstić information content (AvgIpc) is 3.33. The van der Waals surface area contributed by atoms with Crippen molar-refractivity contribution in [3.63, 3.8) is 0 Å². The predicted molar refractivity (Wildman–Crippen MR) is 198 cm³/mol. The monoisotopic (exact) mass is 575 g/mol. The van der Waals surface area contributed by atoms with E-state index in [0.717, 1.165) is 6.42 Å². The van der Waals surface area contributed by atoms with Gasteiger partial charge in [0.25, 0.3) is 0 Å². The van der Waals surface area contributed by atoms with Gasteiger partial charge in [0.2, 0.25) is 0 Å². The summed E-state index contributed by atoms with van der Waals surface area (Å²) in [6.07, 6.45) is 6.38. The van der Waals surface area contributed by atoms with Crippen LogP contribution in [0.15, 0.2) is 72.8 Å². The van der Waals surface area contributed by atoms with Crippen molar-refractivity contribution >= 4 is 0 Å². The van der Waals surface area contributed by atoms with Gasteiger partial charge in [-0.25, -0.2) is 0 Å². The molecule has 0 heteroatoms. The van der Waals surface area contributed by atoms with Crippen LogP contribution in [0.3, 0.4) is 0 Å². The van der Waals surface area contributed by atoms with E-state index in [1.165, 1.54) is 75.8 Å². The van der Waals surface area contributed by atoms with Crippen LogP contribution in [0.1, 0.15) is 149 Å². The molecule has 3 aromatic carbocycles. The lowest BCUT2D eigenvalue weighted by Crippen LogP contribution is -2.13. The molecule has 0 fully saturated rings. The first-order valence-electron chi connectivity index (χ1n) is 16.7. The van der Waals surface area contributed by atoms with Gasteiger partial charge >= 0.3 is 0 Å². The van der Waals surface area contributed by atoms with Crippen LogP contribution in [0.4, 0.5) is 0 Å². The summed E-state index contributed by atoms with van der Waals surface area (Å²) in [7, 11) is 0. The molecule has 42 heavy (non-hydrogen) atoms. The fourth-order valence-electron chi connectivity index (χ4n) is 3.82. The summed E-state index contributed by atoms with van der Waals surface area (Å²) in [5.41, 5.74) is 12.8. The number of rotatable bonds is 2. The number of benzene rings is 3. The average molecular weight is 575 g/mol. The zero-order valence-corrected chi connectivity index (χ0v) is 31.0. The number of fused-ring (bicyclic) bond motifs is 3. The molecule has 0 amide bonds. The third-order valence-electron chi connectivity index (χ3n) is 6.15. The van der Waals surface area contributed by atoms with Crippen LogP contribution in [-0.4, -0.2) is 0 Å². The third kappa shape index (κ3) is 19.5. The molecular weight excluding hydrogens is 504 g/mol. The van der Waals surface area contributed by atoms with Gasteiger partial charge in [0.1, 0.15) is 0 Å². The van der Waals surface area contributed by atoms with Gasteiger partial charge in [0.15, 0.2) is 0 Å². The van der Waals surface area contributed by atoms with E-state index in [0.29, 0.717) is 0 Å². The summed E-state index contributed by atoms with van der Waals surface area (Å²) in [4.78, 5) is 0. The van der Waals surface area contributed by atoms with Crippen LogP contribution in [0, 0.1) is 20.8 Å². The molecule has 4 rings (SSSR count). The molecule has 1 aliphatic rings. The van der Waals surface area contributed by atoms with Crippen molar-refractivity contribution in [2.75, 3.05) is 0 Å².